The maximum absolute atomic E-state index is 5.20. The molecule has 1 rings (SSSR count). The summed E-state index contributed by atoms with van der Waals surface area (Å²) in [5.74, 6) is 1.35. The summed E-state index contributed by atoms with van der Waals surface area (Å²) in [4.78, 5) is 4.23. The monoisotopic (exact) mass is 213 g/mol. The minimum atomic E-state index is 0.426. The van der Waals surface area contributed by atoms with Gasteiger partial charge < -0.3 is 14.6 Å². The summed E-state index contributed by atoms with van der Waals surface area (Å²) in [7, 11) is 0. The highest BCUT2D eigenvalue weighted by molar-refractivity contribution is 4.86. The van der Waals surface area contributed by atoms with Crippen molar-refractivity contribution in [1.82, 2.24) is 15.5 Å². The van der Waals surface area contributed by atoms with Gasteiger partial charge in [0.05, 0.1) is 19.6 Å². The molecule has 1 aromatic heterocycles. The number of rotatable bonds is 7. The SMILES string of the molecule is CCOCCc1nc(CNC(C)C)no1. The van der Waals surface area contributed by atoms with Crippen molar-refractivity contribution in [3.05, 3.63) is 11.7 Å². The standard InChI is InChI=1S/C10H19N3O2/c1-4-14-6-5-10-12-9(13-15-10)7-11-8(2)3/h8,11H,4-7H2,1-3H3. The van der Waals surface area contributed by atoms with Crippen molar-refractivity contribution in [3.63, 3.8) is 0 Å². The van der Waals surface area contributed by atoms with Crippen molar-refractivity contribution < 1.29 is 9.26 Å². The van der Waals surface area contributed by atoms with Crippen molar-refractivity contribution >= 4 is 0 Å². The van der Waals surface area contributed by atoms with E-state index in [4.69, 9.17) is 9.26 Å². The second kappa shape index (κ2) is 6.53. The van der Waals surface area contributed by atoms with Gasteiger partial charge in [0.2, 0.25) is 5.89 Å². The highest BCUT2D eigenvalue weighted by Gasteiger charge is 2.05. The van der Waals surface area contributed by atoms with E-state index < -0.39 is 0 Å². The lowest BCUT2D eigenvalue weighted by Crippen LogP contribution is -2.22. The van der Waals surface area contributed by atoms with Crippen molar-refractivity contribution in [2.75, 3.05) is 13.2 Å². The molecule has 0 spiro atoms. The zero-order chi connectivity index (χ0) is 11.1. The minimum absolute atomic E-state index is 0.426. The van der Waals surface area contributed by atoms with Crippen molar-refractivity contribution in [1.29, 1.82) is 0 Å². The molecule has 0 aliphatic carbocycles. The van der Waals surface area contributed by atoms with Gasteiger partial charge in [-0.1, -0.05) is 19.0 Å². The summed E-state index contributed by atoms with van der Waals surface area (Å²) in [5, 5.41) is 7.09. The van der Waals surface area contributed by atoms with Crippen molar-refractivity contribution in [2.24, 2.45) is 0 Å². The first kappa shape index (κ1) is 12.1. The average molecular weight is 213 g/mol. The molecule has 1 N–H and O–H groups in total. The van der Waals surface area contributed by atoms with Crippen LogP contribution in [0.25, 0.3) is 0 Å². The Balaban J connectivity index is 2.29. The Morgan fingerprint density at radius 1 is 1.47 bits per heavy atom. The Hall–Kier alpha value is -0.940. The van der Waals surface area contributed by atoms with E-state index in [1.54, 1.807) is 0 Å². The molecule has 5 heteroatoms. The number of hydrogen-bond acceptors (Lipinski definition) is 5. The van der Waals surface area contributed by atoms with E-state index in [9.17, 15) is 0 Å². The van der Waals surface area contributed by atoms with Gasteiger partial charge >= 0.3 is 0 Å². The Morgan fingerprint density at radius 2 is 2.27 bits per heavy atom. The normalized spacial score (nSPS) is 11.2. The van der Waals surface area contributed by atoms with Crippen molar-refractivity contribution in [2.45, 2.75) is 39.8 Å². The molecule has 0 atom stereocenters. The Labute approximate surface area is 90.2 Å². The molecule has 1 heterocycles. The van der Waals surface area contributed by atoms with Gasteiger partial charge in [-0.15, -0.1) is 0 Å². The predicted octanol–water partition coefficient (Wildman–Crippen LogP) is 1.15. The third-order valence-electron chi connectivity index (χ3n) is 1.84. The van der Waals surface area contributed by atoms with Gasteiger partial charge in [-0.3, -0.25) is 0 Å². The van der Waals surface area contributed by atoms with Crippen LogP contribution in [0.1, 0.15) is 32.5 Å². The predicted molar refractivity (Wildman–Crippen MR) is 56.5 cm³/mol. The Kier molecular flexibility index (Phi) is 5.28. The lowest BCUT2D eigenvalue weighted by atomic mass is 10.4. The van der Waals surface area contributed by atoms with Gasteiger partial charge in [0.15, 0.2) is 5.82 Å². The molecule has 1 aromatic rings. The second-order valence-corrected chi connectivity index (χ2v) is 3.59. The van der Waals surface area contributed by atoms with Gasteiger partial charge in [0.1, 0.15) is 0 Å². The summed E-state index contributed by atoms with van der Waals surface area (Å²) in [6.45, 7) is 8.12. The molecule has 0 amide bonds. The molecule has 0 aromatic carbocycles. The van der Waals surface area contributed by atoms with Gasteiger partial charge in [0, 0.05) is 12.6 Å². The quantitative estimate of drug-likeness (QED) is 0.688. The lowest BCUT2D eigenvalue weighted by Gasteiger charge is -2.03. The maximum Gasteiger partial charge on any atom is 0.229 e. The topological polar surface area (TPSA) is 60.2 Å². The number of nitrogens with zero attached hydrogens (tertiary/aromatic N) is 2. The largest absolute Gasteiger partial charge is 0.381 e. The number of ether oxygens (including phenoxy) is 1. The first-order valence-corrected chi connectivity index (χ1v) is 5.35. The van der Waals surface area contributed by atoms with Gasteiger partial charge in [-0.25, -0.2) is 0 Å². The van der Waals surface area contributed by atoms with E-state index >= 15 is 0 Å². The molecule has 5 nitrogen and oxygen atoms in total. The third kappa shape index (κ3) is 4.90. The molecule has 0 unspecified atom stereocenters. The first-order chi connectivity index (χ1) is 7.22. The van der Waals surface area contributed by atoms with E-state index in [2.05, 4.69) is 29.3 Å². The molecule has 0 aliphatic heterocycles. The molecule has 0 bridgehead atoms. The summed E-state index contributed by atoms with van der Waals surface area (Å²) < 4.78 is 10.3. The van der Waals surface area contributed by atoms with Crippen LogP contribution < -0.4 is 5.32 Å². The van der Waals surface area contributed by atoms with Crippen LogP contribution in [0.5, 0.6) is 0 Å². The fourth-order valence-corrected chi connectivity index (χ4v) is 1.06. The molecule has 0 aliphatic rings. The van der Waals surface area contributed by atoms with Crippen LogP contribution in [-0.2, 0) is 17.7 Å². The first-order valence-electron chi connectivity index (χ1n) is 5.35. The second-order valence-electron chi connectivity index (χ2n) is 3.59. The highest BCUT2D eigenvalue weighted by atomic mass is 16.5. The fraction of sp³-hybridized carbons (Fsp3) is 0.800. The summed E-state index contributed by atoms with van der Waals surface area (Å²) >= 11 is 0. The molecule has 86 valence electrons. The van der Waals surface area contributed by atoms with Crippen LogP contribution in [0.15, 0.2) is 4.52 Å². The van der Waals surface area contributed by atoms with Crippen LogP contribution in [0.4, 0.5) is 0 Å². The average Bonchev–Trinajstić information content (AvgIpc) is 2.63. The van der Waals surface area contributed by atoms with Gasteiger partial charge in [-0.2, -0.15) is 4.98 Å². The zero-order valence-electron chi connectivity index (χ0n) is 9.62. The van der Waals surface area contributed by atoms with E-state index in [1.807, 2.05) is 6.92 Å². The van der Waals surface area contributed by atoms with Gasteiger partial charge in [0.25, 0.3) is 0 Å². The van der Waals surface area contributed by atoms with E-state index in [0.29, 0.717) is 37.3 Å². The number of hydrogen-bond donors (Lipinski definition) is 1. The minimum Gasteiger partial charge on any atom is -0.381 e. The number of aromatic nitrogens is 2. The number of nitrogens with one attached hydrogen (secondary N) is 1. The van der Waals surface area contributed by atoms with Crippen LogP contribution in [0.3, 0.4) is 0 Å². The van der Waals surface area contributed by atoms with Gasteiger partial charge in [-0.05, 0) is 6.92 Å². The fourth-order valence-electron chi connectivity index (χ4n) is 1.06. The van der Waals surface area contributed by atoms with E-state index in [0.717, 1.165) is 6.61 Å². The van der Waals surface area contributed by atoms with Crippen LogP contribution in [0, 0.1) is 0 Å². The molecular formula is C10H19N3O2. The maximum atomic E-state index is 5.20. The highest BCUT2D eigenvalue weighted by Crippen LogP contribution is 1.99. The molecule has 0 saturated heterocycles. The van der Waals surface area contributed by atoms with E-state index in [1.165, 1.54) is 0 Å². The van der Waals surface area contributed by atoms with Crippen LogP contribution >= 0.6 is 0 Å². The van der Waals surface area contributed by atoms with Crippen LogP contribution in [-0.4, -0.2) is 29.4 Å². The van der Waals surface area contributed by atoms with E-state index in [-0.39, 0.29) is 0 Å². The molecule has 15 heavy (non-hydrogen) atoms. The Bertz CT molecular complexity index is 273. The molecule has 0 radical (unpaired) electrons. The molecular weight excluding hydrogens is 194 g/mol. The Morgan fingerprint density at radius 3 is 2.93 bits per heavy atom. The summed E-state index contributed by atoms with van der Waals surface area (Å²) in [5.41, 5.74) is 0. The smallest absolute Gasteiger partial charge is 0.229 e. The lowest BCUT2D eigenvalue weighted by molar-refractivity contribution is 0.144. The van der Waals surface area contributed by atoms with Crippen LogP contribution in [0.2, 0.25) is 0 Å². The zero-order valence-corrected chi connectivity index (χ0v) is 9.62. The molecule has 0 fully saturated rings. The van der Waals surface area contributed by atoms with Crippen molar-refractivity contribution in [3.8, 4) is 0 Å². The summed E-state index contributed by atoms with van der Waals surface area (Å²) in [6.07, 6.45) is 0.683. The molecule has 0 saturated carbocycles. The summed E-state index contributed by atoms with van der Waals surface area (Å²) in [6, 6.07) is 0.426. The third-order valence-corrected chi connectivity index (χ3v) is 1.84.